The molecule has 0 radical (unpaired) electrons. The maximum absolute atomic E-state index is 11.0. The summed E-state index contributed by atoms with van der Waals surface area (Å²) in [5.74, 6) is -0.0274. The minimum atomic E-state index is -0.0274. The maximum Gasteiger partial charge on any atom is 0.221 e. The molecular formula is C17H17NO2. The first-order valence-electron chi connectivity index (χ1n) is 6.80. The molecule has 0 aromatic heterocycles. The van der Waals surface area contributed by atoms with E-state index in [-0.39, 0.29) is 5.91 Å². The normalized spacial score (nSPS) is 13.7. The van der Waals surface area contributed by atoms with Gasteiger partial charge >= 0.3 is 0 Å². The molecule has 3 heteroatoms. The molecule has 4 rings (SSSR count). The number of hydrogen-bond acceptors (Lipinski definition) is 2. The van der Waals surface area contributed by atoms with Gasteiger partial charge in [-0.2, -0.15) is 0 Å². The smallest absolute Gasteiger partial charge is 0.221 e. The number of carbonyl (C=O) groups is 1. The van der Waals surface area contributed by atoms with Crippen LogP contribution in [0.15, 0.2) is 42.5 Å². The van der Waals surface area contributed by atoms with E-state index in [2.05, 4.69) is 46.5 Å². The fraction of sp³-hybridized carbons (Fsp3) is 0.235. The number of ether oxygens (including phenoxy) is 1. The van der Waals surface area contributed by atoms with E-state index in [0.29, 0.717) is 0 Å². The first-order valence-corrected chi connectivity index (χ1v) is 6.80. The maximum atomic E-state index is 11.0. The minimum absolute atomic E-state index is 0.0274. The van der Waals surface area contributed by atoms with Gasteiger partial charge in [0.15, 0.2) is 0 Å². The van der Waals surface area contributed by atoms with Gasteiger partial charge < -0.3 is 10.1 Å². The topological polar surface area (TPSA) is 41.6 Å². The Hall–Kier alpha value is -2.13. The highest BCUT2D eigenvalue weighted by atomic mass is 16.6. The van der Waals surface area contributed by atoms with Crippen molar-refractivity contribution in [3.05, 3.63) is 53.6 Å². The Kier molecular flexibility index (Phi) is 3.52. The molecule has 1 N–H and O–H groups in total. The van der Waals surface area contributed by atoms with Gasteiger partial charge in [0, 0.05) is 12.6 Å². The number of carbonyl (C=O) groups excluding carboxylic acids is 1. The molecule has 0 bridgehead atoms. The van der Waals surface area contributed by atoms with Gasteiger partial charge in [0.05, 0.1) is 13.2 Å². The van der Waals surface area contributed by atoms with Crippen molar-refractivity contribution in [2.75, 3.05) is 18.5 Å². The van der Waals surface area contributed by atoms with Crippen LogP contribution in [-0.4, -0.2) is 19.1 Å². The van der Waals surface area contributed by atoms with E-state index in [0.717, 1.165) is 25.3 Å². The van der Waals surface area contributed by atoms with Gasteiger partial charge in [-0.1, -0.05) is 30.3 Å². The van der Waals surface area contributed by atoms with E-state index in [1.807, 2.05) is 6.07 Å². The molecule has 20 heavy (non-hydrogen) atoms. The van der Waals surface area contributed by atoms with Crippen LogP contribution in [0.5, 0.6) is 0 Å². The fourth-order valence-corrected chi connectivity index (χ4v) is 2.43. The van der Waals surface area contributed by atoms with Crippen LogP contribution >= 0.6 is 0 Å². The molecule has 1 aliphatic heterocycles. The average Bonchev–Trinajstić information content (AvgIpc) is 3.25. The van der Waals surface area contributed by atoms with E-state index in [1.54, 1.807) is 0 Å². The van der Waals surface area contributed by atoms with Crippen LogP contribution < -0.4 is 5.32 Å². The third-order valence-corrected chi connectivity index (χ3v) is 3.32. The number of hydrogen-bond donors (Lipinski definition) is 1. The Morgan fingerprint density at radius 2 is 1.75 bits per heavy atom. The number of benzene rings is 2. The Bertz CT molecular complexity index is 644. The molecule has 2 aromatic carbocycles. The molecule has 1 aliphatic carbocycles. The largest absolute Gasteiger partial charge is 0.377 e. The monoisotopic (exact) mass is 267 g/mol. The quantitative estimate of drug-likeness (QED) is 0.688. The van der Waals surface area contributed by atoms with Crippen molar-refractivity contribution < 1.29 is 9.53 Å². The standard InChI is InChI=1S/C15H13NO.C2H4O/c1-10(17)16-13-6-7-15-12(9-13)8-11-4-2-3-5-14(11)15;1-2-3-1/h2-7,9H,8H2,1H3,(H,16,17);1-2H2. The van der Waals surface area contributed by atoms with Crippen LogP contribution in [0.25, 0.3) is 11.1 Å². The third kappa shape index (κ3) is 2.89. The summed E-state index contributed by atoms with van der Waals surface area (Å²) in [7, 11) is 0. The van der Waals surface area contributed by atoms with E-state index in [9.17, 15) is 4.79 Å². The average molecular weight is 267 g/mol. The van der Waals surface area contributed by atoms with Gasteiger partial charge in [0.2, 0.25) is 5.91 Å². The molecule has 2 aliphatic rings. The van der Waals surface area contributed by atoms with Crippen LogP contribution in [0.4, 0.5) is 5.69 Å². The van der Waals surface area contributed by atoms with Crippen molar-refractivity contribution in [2.24, 2.45) is 0 Å². The zero-order chi connectivity index (χ0) is 13.9. The van der Waals surface area contributed by atoms with E-state index in [4.69, 9.17) is 0 Å². The Morgan fingerprint density at radius 1 is 1.05 bits per heavy atom. The number of fused-ring (bicyclic) bond motifs is 3. The molecule has 0 spiro atoms. The van der Waals surface area contributed by atoms with Crippen LogP contribution in [-0.2, 0) is 16.0 Å². The fourth-order valence-electron chi connectivity index (χ4n) is 2.43. The lowest BCUT2D eigenvalue weighted by Gasteiger charge is -2.05. The summed E-state index contributed by atoms with van der Waals surface area (Å²) in [4.78, 5) is 11.0. The summed E-state index contributed by atoms with van der Waals surface area (Å²) in [6.45, 7) is 3.53. The van der Waals surface area contributed by atoms with Gasteiger partial charge in [-0.25, -0.2) is 0 Å². The number of nitrogens with one attached hydrogen (secondary N) is 1. The van der Waals surface area contributed by atoms with Crippen molar-refractivity contribution in [3.8, 4) is 11.1 Å². The molecule has 1 heterocycles. The molecule has 0 saturated carbocycles. The number of anilines is 1. The van der Waals surface area contributed by atoms with Crippen molar-refractivity contribution >= 4 is 11.6 Å². The van der Waals surface area contributed by atoms with Crippen molar-refractivity contribution in [2.45, 2.75) is 13.3 Å². The lowest BCUT2D eigenvalue weighted by atomic mass is 10.1. The van der Waals surface area contributed by atoms with E-state index < -0.39 is 0 Å². The second-order valence-corrected chi connectivity index (χ2v) is 5.00. The molecule has 1 fully saturated rings. The first kappa shape index (κ1) is 12.9. The SMILES string of the molecule is C1CO1.CC(=O)Nc1ccc2c(c1)Cc1ccccc1-2. The second-order valence-electron chi connectivity index (χ2n) is 5.00. The molecule has 2 aromatic rings. The molecular weight excluding hydrogens is 250 g/mol. The Labute approximate surface area is 118 Å². The second kappa shape index (κ2) is 5.47. The summed E-state index contributed by atoms with van der Waals surface area (Å²) in [5, 5.41) is 2.82. The highest BCUT2D eigenvalue weighted by Crippen LogP contribution is 2.37. The highest BCUT2D eigenvalue weighted by Gasteiger charge is 2.17. The van der Waals surface area contributed by atoms with Crippen molar-refractivity contribution in [1.29, 1.82) is 0 Å². The van der Waals surface area contributed by atoms with E-state index >= 15 is 0 Å². The summed E-state index contributed by atoms with van der Waals surface area (Å²) in [6, 6.07) is 14.6. The molecule has 1 saturated heterocycles. The molecule has 1 amide bonds. The molecule has 0 atom stereocenters. The van der Waals surface area contributed by atoms with Crippen molar-refractivity contribution in [1.82, 2.24) is 0 Å². The molecule has 0 unspecified atom stereocenters. The van der Waals surface area contributed by atoms with Gasteiger partial charge in [-0.3, -0.25) is 4.79 Å². The number of epoxide rings is 1. The molecule has 3 nitrogen and oxygen atoms in total. The summed E-state index contributed by atoms with van der Waals surface area (Å²) < 4.78 is 4.50. The van der Waals surface area contributed by atoms with Gasteiger partial charge in [0.1, 0.15) is 0 Å². The van der Waals surface area contributed by atoms with E-state index in [1.165, 1.54) is 29.2 Å². The first-order chi connectivity index (χ1) is 9.74. The lowest BCUT2D eigenvalue weighted by Crippen LogP contribution is -2.05. The highest BCUT2D eigenvalue weighted by molar-refractivity contribution is 5.90. The van der Waals surface area contributed by atoms with Crippen LogP contribution in [0.2, 0.25) is 0 Å². The Balaban J connectivity index is 0.000000358. The zero-order valence-corrected chi connectivity index (χ0v) is 11.5. The van der Waals surface area contributed by atoms with Gasteiger partial charge in [0.25, 0.3) is 0 Å². The van der Waals surface area contributed by atoms with Crippen molar-refractivity contribution in [3.63, 3.8) is 0 Å². The zero-order valence-electron chi connectivity index (χ0n) is 11.5. The van der Waals surface area contributed by atoms with Gasteiger partial charge in [-0.05, 0) is 40.8 Å². The lowest BCUT2D eigenvalue weighted by molar-refractivity contribution is -0.114. The van der Waals surface area contributed by atoms with Crippen LogP contribution in [0.1, 0.15) is 18.1 Å². The van der Waals surface area contributed by atoms with Crippen LogP contribution in [0, 0.1) is 0 Å². The summed E-state index contributed by atoms with van der Waals surface area (Å²) >= 11 is 0. The van der Waals surface area contributed by atoms with Gasteiger partial charge in [-0.15, -0.1) is 0 Å². The predicted octanol–water partition coefficient (Wildman–Crippen LogP) is 3.23. The summed E-state index contributed by atoms with van der Waals surface area (Å²) in [6.07, 6.45) is 0.957. The predicted molar refractivity (Wildman–Crippen MR) is 79.8 cm³/mol. The summed E-state index contributed by atoms with van der Waals surface area (Å²) in [5.41, 5.74) is 6.13. The molecule has 102 valence electrons. The number of rotatable bonds is 1. The third-order valence-electron chi connectivity index (χ3n) is 3.32. The number of amides is 1. The Morgan fingerprint density at radius 3 is 2.45 bits per heavy atom. The van der Waals surface area contributed by atoms with Crippen LogP contribution in [0.3, 0.4) is 0 Å². The minimum Gasteiger partial charge on any atom is -0.377 e.